The summed E-state index contributed by atoms with van der Waals surface area (Å²) in [4.78, 5) is 0. The quantitative estimate of drug-likeness (QED) is 0.714. The Balaban J connectivity index is 3.95. The predicted molar refractivity (Wildman–Crippen MR) is 47.6 cm³/mol. The van der Waals surface area contributed by atoms with Gasteiger partial charge in [-0.25, -0.2) is 0 Å². The molecule has 80 valence electrons. The molecule has 13 heavy (non-hydrogen) atoms. The molecule has 0 heterocycles. The van der Waals surface area contributed by atoms with Crippen LogP contribution in [-0.2, 0) is 0 Å². The fourth-order valence-electron chi connectivity index (χ4n) is 1.13. The van der Waals surface area contributed by atoms with E-state index in [1.807, 2.05) is 13.8 Å². The Morgan fingerprint density at radius 3 is 2.00 bits per heavy atom. The van der Waals surface area contributed by atoms with Gasteiger partial charge < -0.3 is 5.32 Å². The van der Waals surface area contributed by atoms with Gasteiger partial charge in [0.25, 0.3) is 0 Å². The van der Waals surface area contributed by atoms with Crippen LogP contribution in [0.5, 0.6) is 0 Å². The third-order valence-electron chi connectivity index (χ3n) is 1.88. The fourth-order valence-corrected chi connectivity index (χ4v) is 1.13. The zero-order valence-corrected chi connectivity index (χ0v) is 8.41. The summed E-state index contributed by atoms with van der Waals surface area (Å²) in [6, 6.07) is -1.33. The van der Waals surface area contributed by atoms with E-state index >= 15 is 0 Å². The van der Waals surface area contributed by atoms with E-state index in [2.05, 4.69) is 5.32 Å². The lowest BCUT2D eigenvalue weighted by Gasteiger charge is -2.21. The SMILES string of the molecule is CCNC(CCC(C)C)C(F)(F)F. The monoisotopic (exact) mass is 197 g/mol. The second kappa shape index (κ2) is 5.47. The van der Waals surface area contributed by atoms with Crippen molar-refractivity contribution in [2.24, 2.45) is 5.92 Å². The first-order valence-electron chi connectivity index (χ1n) is 4.68. The van der Waals surface area contributed by atoms with Gasteiger partial charge in [0.05, 0.1) is 0 Å². The molecule has 0 aliphatic rings. The van der Waals surface area contributed by atoms with Crippen molar-refractivity contribution in [1.82, 2.24) is 5.32 Å². The first-order chi connectivity index (χ1) is 5.88. The molecule has 0 amide bonds. The van der Waals surface area contributed by atoms with E-state index < -0.39 is 12.2 Å². The molecule has 0 aromatic rings. The molecule has 0 spiro atoms. The highest BCUT2D eigenvalue weighted by molar-refractivity contribution is 4.74. The average Bonchev–Trinajstić information content (AvgIpc) is 1.95. The van der Waals surface area contributed by atoms with Gasteiger partial charge in [-0.05, 0) is 25.3 Å². The van der Waals surface area contributed by atoms with E-state index in [1.54, 1.807) is 6.92 Å². The summed E-state index contributed by atoms with van der Waals surface area (Å²) < 4.78 is 36.9. The lowest BCUT2D eigenvalue weighted by atomic mass is 10.0. The Hall–Kier alpha value is -0.250. The minimum Gasteiger partial charge on any atom is -0.306 e. The van der Waals surface area contributed by atoms with E-state index in [4.69, 9.17) is 0 Å². The molecule has 0 bridgehead atoms. The van der Waals surface area contributed by atoms with Gasteiger partial charge in [-0.1, -0.05) is 20.8 Å². The van der Waals surface area contributed by atoms with Gasteiger partial charge in [-0.2, -0.15) is 13.2 Å². The summed E-state index contributed by atoms with van der Waals surface area (Å²) in [5.74, 6) is 0.323. The molecule has 0 aliphatic heterocycles. The molecule has 1 unspecified atom stereocenters. The number of hydrogen-bond acceptors (Lipinski definition) is 1. The number of rotatable bonds is 5. The highest BCUT2D eigenvalue weighted by atomic mass is 19.4. The van der Waals surface area contributed by atoms with Crippen LogP contribution in [0.25, 0.3) is 0 Å². The number of nitrogens with one attached hydrogen (secondary N) is 1. The summed E-state index contributed by atoms with van der Waals surface area (Å²) in [7, 11) is 0. The normalized spacial score (nSPS) is 15.0. The maximum Gasteiger partial charge on any atom is 0.403 e. The van der Waals surface area contributed by atoms with Gasteiger partial charge in [0.15, 0.2) is 0 Å². The molecule has 0 saturated carbocycles. The van der Waals surface area contributed by atoms with Gasteiger partial charge in [0, 0.05) is 0 Å². The molecule has 0 aromatic carbocycles. The Bertz CT molecular complexity index is 131. The van der Waals surface area contributed by atoms with Crippen molar-refractivity contribution in [1.29, 1.82) is 0 Å². The smallest absolute Gasteiger partial charge is 0.306 e. The van der Waals surface area contributed by atoms with Crippen LogP contribution in [-0.4, -0.2) is 18.8 Å². The average molecular weight is 197 g/mol. The maximum atomic E-state index is 12.3. The van der Waals surface area contributed by atoms with Gasteiger partial charge in [-0.15, -0.1) is 0 Å². The second-order valence-electron chi connectivity index (χ2n) is 3.62. The van der Waals surface area contributed by atoms with Crippen molar-refractivity contribution in [2.75, 3.05) is 6.54 Å². The third kappa shape index (κ3) is 5.91. The van der Waals surface area contributed by atoms with Gasteiger partial charge in [0.1, 0.15) is 6.04 Å². The highest BCUT2D eigenvalue weighted by Crippen LogP contribution is 2.24. The van der Waals surface area contributed by atoms with E-state index in [1.165, 1.54) is 0 Å². The molecule has 0 saturated heterocycles. The maximum absolute atomic E-state index is 12.3. The third-order valence-corrected chi connectivity index (χ3v) is 1.88. The Morgan fingerprint density at radius 1 is 1.15 bits per heavy atom. The molecule has 1 N–H and O–H groups in total. The first-order valence-corrected chi connectivity index (χ1v) is 4.68. The summed E-state index contributed by atoms with van der Waals surface area (Å²) in [5.41, 5.74) is 0. The number of alkyl halides is 3. The molecular weight excluding hydrogens is 179 g/mol. The van der Waals surface area contributed by atoms with Gasteiger partial charge in [-0.3, -0.25) is 0 Å². The molecule has 0 rings (SSSR count). The van der Waals surface area contributed by atoms with Crippen molar-refractivity contribution < 1.29 is 13.2 Å². The van der Waals surface area contributed by atoms with Crippen LogP contribution in [0.15, 0.2) is 0 Å². The molecule has 0 aliphatic carbocycles. The van der Waals surface area contributed by atoms with Crippen molar-refractivity contribution in [3.05, 3.63) is 0 Å². The van der Waals surface area contributed by atoms with Crippen LogP contribution >= 0.6 is 0 Å². The fraction of sp³-hybridized carbons (Fsp3) is 1.00. The Morgan fingerprint density at radius 2 is 1.69 bits per heavy atom. The van der Waals surface area contributed by atoms with E-state index in [-0.39, 0.29) is 6.42 Å². The Kier molecular flexibility index (Phi) is 5.37. The van der Waals surface area contributed by atoms with Crippen LogP contribution in [0.3, 0.4) is 0 Å². The molecule has 1 atom stereocenters. The first kappa shape index (κ1) is 12.8. The lowest BCUT2D eigenvalue weighted by molar-refractivity contribution is -0.157. The summed E-state index contributed by atoms with van der Waals surface area (Å²) in [5, 5.41) is 2.45. The van der Waals surface area contributed by atoms with Crippen molar-refractivity contribution in [3.8, 4) is 0 Å². The lowest BCUT2D eigenvalue weighted by Crippen LogP contribution is -2.42. The summed E-state index contributed by atoms with van der Waals surface area (Å²) in [6.07, 6.45) is -3.32. The van der Waals surface area contributed by atoms with Crippen LogP contribution in [0, 0.1) is 5.92 Å². The van der Waals surface area contributed by atoms with Gasteiger partial charge >= 0.3 is 6.18 Å². The molecule has 0 radical (unpaired) electrons. The zero-order valence-electron chi connectivity index (χ0n) is 8.41. The molecule has 0 fully saturated rings. The van der Waals surface area contributed by atoms with E-state index in [0.29, 0.717) is 18.9 Å². The minimum atomic E-state index is -4.11. The van der Waals surface area contributed by atoms with Gasteiger partial charge in [0.2, 0.25) is 0 Å². The van der Waals surface area contributed by atoms with Crippen molar-refractivity contribution in [3.63, 3.8) is 0 Å². The van der Waals surface area contributed by atoms with Crippen LogP contribution in [0.1, 0.15) is 33.6 Å². The van der Waals surface area contributed by atoms with Crippen LogP contribution in [0.4, 0.5) is 13.2 Å². The standard InChI is InChI=1S/C9H18F3N/c1-4-13-8(9(10,11)12)6-5-7(2)3/h7-8,13H,4-6H2,1-3H3. The molecule has 4 heteroatoms. The second-order valence-corrected chi connectivity index (χ2v) is 3.62. The summed E-state index contributed by atoms with van der Waals surface area (Å²) in [6.45, 7) is 5.91. The molecular formula is C9H18F3N. The van der Waals surface area contributed by atoms with Crippen LogP contribution in [0.2, 0.25) is 0 Å². The van der Waals surface area contributed by atoms with E-state index in [0.717, 1.165) is 0 Å². The molecule has 1 nitrogen and oxygen atoms in total. The van der Waals surface area contributed by atoms with Crippen molar-refractivity contribution in [2.45, 2.75) is 45.8 Å². The number of halogens is 3. The summed E-state index contributed by atoms with van der Waals surface area (Å²) >= 11 is 0. The largest absolute Gasteiger partial charge is 0.403 e. The molecule has 0 aromatic heterocycles. The topological polar surface area (TPSA) is 12.0 Å². The van der Waals surface area contributed by atoms with Crippen molar-refractivity contribution >= 4 is 0 Å². The predicted octanol–water partition coefficient (Wildman–Crippen LogP) is 2.96. The number of hydrogen-bond donors (Lipinski definition) is 1. The zero-order chi connectivity index (χ0) is 10.5. The van der Waals surface area contributed by atoms with Crippen LogP contribution < -0.4 is 5.32 Å². The minimum absolute atomic E-state index is 0.176. The van der Waals surface area contributed by atoms with E-state index in [9.17, 15) is 13.2 Å². The highest BCUT2D eigenvalue weighted by Gasteiger charge is 2.38. The Labute approximate surface area is 77.7 Å².